The van der Waals surface area contributed by atoms with Gasteiger partial charge in [0.15, 0.2) is 0 Å². The van der Waals surface area contributed by atoms with E-state index in [-0.39, 0.29) is 22.7 Å². The summed E-state index contributed by atoms with van der Waals surface area (Å²) in [6.07, 6.45) is 0.951. The van der Waals surface area contributed by atoms with E-state index in [2.05, 4.69) is 10.3 Å². The number of thiazole rings is 1. The average Bonchev–Trinajstić information content (AvgIpc) is 3.10. The zero-order valence-electron chi connectivity index (χ0n) is 11.5. The van der Waals surface area contributed by atoms with Gasteiger partial charge >= 0.3 is 5.97 Å². The van der Waals surface area contributed by atoms with E-state index in [9.17, 15) is 9.59 Å². The summed E-state index contributed by atoms with van der Waals surface area (Å²) in [4.78, 5) is 27.5. The van der Waals surface area contributed by atoms with Gasteiger partial charge < -0.3 is 14.8 Å². The van der Waals surface area contributed by atoms with E-state index in [1.165, 1.54) is 0 Å². The zero-order chi connectivity index (χ0) is 14.5. The normalized spacial score (nSPS) is 19.6. The minimum absolute atomic E-state index is 0.0257. The molecular weight excluding hydrogens is 280 g/mol. The van der Waals surface area contributed by atoms with Crippen molar-refractivity contribution in [1.82, 2.24) is 10.3 Å². The van der Waals surface area contributed by atoms with Crippen LogP contribution in [0.3, 0.4) is 0 Å². The number of carbonyl (C=O) groups is 2. The fourth-order valence-corrected chi connectivity index (χ4v) is 2.70. The highest BCUT2D eigenvalue weighted by Gasteiger charge is 2.25. The van der Waals surface area contributed by atoms with Crippen molar-refractivity contribution in [2.45, 2.75) is 26.3 Å². The molecule has 1 N–H and O–H groups in total. The Morgan fingerprint density at radius 1 is 1.65 bits per heavy atom. The Morgan fingerprint density at radius 3 is 3.10 bits per heavy atom. The number of hydrogen-bond donors (Lipinski definition) is 1. The molecule has 0 radical (unpaired) electrons. The molecule has 6 nitrogen and oxygen atoms in total. The zero-order valence-corrected chi connectivity index (χ0v) is 12.4. The smallest absolute Gasteiger partial charge is 0.367 e. The Hall–Kier alpha value is -1.47. The number of rotatable bonds is 5. The minimum Gasteiger partial charge on any atom is -0.461 e. The first kappa shape index (κ1) is 14.9. The van der Waals surface area contributed by atoms with Crippen molar-refractivity contribution in [3.8, 4) is 0 Å². The SMILES string of the molecule is CCOC(=O)c1nc(C(=O)NC(C)C2CCOC2)cs1. The third kappa shape index (κ3) is 3.55. The molecule has 1 aromatic heterocycles. The third-order valence-corrected chi connectivity index (χ3v) is 4.04. The maximum atomic E-state index is 12.0. The van der Waals surface area contributed by atoms with Gasteiger partial charge in [-0.1, -0.05) is 0 Å². The van der Waals surface area contributed by atoms with Crippen LogP contribution in [0.5, 0.6) is 0 Å². The standard InChI is InChI=1S/C13H18N2O4S/c1-3-19-13(17)12-15-10(7-20-12)11(16)14-8(2)9-4-5-18-6-9/h7-9H,3-6H2,1-2H3,(H,14,16). The Morgan fingerprint density at radius 2 is 2.45 bits per heavy atom. The average molecular weight is 298 g/mol. The quantitative estimate of drug-likeness (QED) is 0.833. The van der Waals surface area contributed by atoms with Gasteiger partial charge in [0.1, 0.15) is 5.69 Å². The van der Waals surface area contributed by atoms with Gasteiger partial charge in [-0.25, -0.2) is 9.78 Å². The molecule has 1 aliphatic rings. The first-order valence-electron chi connectivity index (χ1n) is 6.63. The van der Waals surface area contributed by atoms with Crippen molar-refractivity contribution in [2.75, 3.05) is 19.8 Å². The lowest BCUT2D eigenvalue weighted by atomic mass is 10.0. The van der Waals surface area contributed by atoms with Crippen LogP contribution < -0.4 is 5.32 Å². The third-order valence-electron chi connectivity index (χ3n) is 3.22. The molecule has 0 aliphatic carbocycles. The summed E-state index contributed by atoms with van der Waals surface area (Å²) in [5, 5.41) is 4.67. The monoisotopic (exact) mass is 298 g/mol. The van der Waals surface area contributed by atoms with Crippen LogP contribution in [0, 0.1) is 5.92 Å². The van der Waals surface area contributed by atoms with Crippen molar-refractivity contribution >= 4 is 23.2 Å². The minimum atomic E-state index is -0.492. The first-order chi connectivity index (χ1) is 9.61. The fraction of sp³-hybridized carbons (Fsp3) is 0.615. The summed E-state index contributed by atoms with van der Waals surface area (Å²) >= 11 is 1.11. The molecule has 20 heavy (non-hydrogen) atoms. The van der Waals surface area contributed by atoms with Gasteiger partial charge in [-0.15, -0.1) is 11.3 Å². The maximum Gasteiger partial charge on any atom is 0.367 e. The van der Waals surface area contributed by atoms with Crippen molar-refractivity contribution in [1.29, 1.82) is 0 Å². The molecule has 1 amide bonds. The second-order valence-electron chi connectivity index (χ2n) is 4.64. The predicted molar refractivity (Wildman–Crippen MR) is 73.9 cm³/mol. The van der Waals surface area contributed by atoms with E-state index in [1.54, 1.807) is 12.3 Å². The number of aromatic nitrogens is 1. The van der Waals surface area contributed by atoms with Gasteiger partial charge in [0.25, 0.3) is 5.91 Å². The van der Waals surface area contributed by atoms with Gasteiger partial charge in [-0.3, -0.25) is 4.79 Å². The molecule has 110 valence electrons. The molecule has 0 bridgehead atoms. The molecule has 7 heteroatoms. The van der Waals surface area contributed by atoms with Crippen LogP contribution >= 0.6 is 11.3 Å². The molecule has 2 unspecified atom stereocenters. The Balaban J connectivity index is 1.93. The largest absolute Gasteiger partial charge is 0.461 e. The number of esters is 1. The van der Waals surface area contributed by atoms with Crippen molar-refractivity contribution in [3.63, 3.8) is 0 Å². The highest BCUT2D eigenvalue weighted by atomic mass is 32.1. The molecule has 0 spiro atoms. The lowest BCUT2D eigenvalue weighted by molar-refractivity contribution is 0.0526. The predicted octanol–water partition coefficient (Wildman–Crippen LogP) is 1.47. The molecule has 0 saturated carbocycles. The van der Waals surface area contributed by atoms with E-state index < -0.39 is 5.97 Å². The molecule has 1 aliphatic heterocycles. The summed E-state index contributed by atoms with van der Waals surface area (Å²) in [7, 11) is 0. The maximum absolute atomic E-state index is 12.0. The van der Waals surface area contributed by atoms with E-state index in [1.807, 2.05) is 6.92 Å². The summed E-state index contributed by atoms with van der Waals surface area (Å²) in [5.74, 6) is -0.424. The first-order valence-corrected chi connectivity index (χ1v) is 7.51. The molecule has 2 atom stereocenters. The molecule has 0 aromatic carbocycles. The highest BCUT2D eigenvalue weighted by Crippen LogP contribution is 2.17. The van der Waals surface area contributed by atoms with Gasteiger partial charge in [-0.2, -0.15) is 0 Å². The summed E-state index contributed by atoms with van der Waals surface area (Å²) in [6, 6.07) is 0.0257. The fourth-order valence-electron chi connectivity index (χ4n) is 2.01. The van der Waals surface area contributed by atoms with Crippen LogP contribution in [0.15, 0.2) is 5.38 Å². The molecule has 2 heterocycles. The van der Waals surface area contributed by atoms with Crippen LogP contribution in [0.1, 0.15) is 40.6 Å². The van der Waals surface area contributed by atoms with Crippen molar-refractivity contribution in [3.05, 3.63) is 16.1 Å². The van der Waals surface area contributed by atoms with Crippen molar-refractivity contribution in [2.24, 2.45) is 5.92 Å². The van der Waals surface area contributed by atoms with Crippen LogP contribution in [0.4, 0.5) is 0 Å². The van der Waals surface area contributed by atoms with Gasteiger partial charge in [0.2, 0.25) is 5.01 Å². The number of ether oxygens (including phenoxy) is 2. The Bertz CT molecular complexity index is 482. The number of nitrogens with zero attached hydrogens (tertiary/aromatic N) is 1. The molecule has 1 saturated heterocycles. The van der Waals surface area contributed by atoms with E-state index in [0.29, 0.717) is 19.1 Å². The van der Waals surface area contributed by atoms with Crippen LogP contribution in [-0.2, 0) is 9.47 Å². The Kier molecular flexibility index (Phi) is 5.08. The van der Waals surface area contributed by atoms with Gasteiger partial charge in [0.05, 0.1) is 13.2 Å². The Labute approximate surface area is 121 Å². The number of carbonyl (C=O) groups excluding carboxylic acids is 2. The van der Waals surface area contributed by atoms with E-state index in [4.69, 9.17) is 9.47 Å². The summed E-state index contributed by atoms with van der Waals surface area (Å²) < 4.78 is 10.1. The second-order valence-corrected chi connectivity index (χ2v) is 5.50. The van der Waals surface area contributed by atoms with Crippen LogP contribution in [0.25, 0.3) is 0 Å². The van der Waals surface area contributed by atoms with Crippen molar-refractivity contribution < 1.29 is 19.1 Å². The topological polar surface area (TPSA) is 77.5 Å². The second kappa shape index (κ2) is 6.81. The van der Waals surface area contributed by atoms with Crippen LogP contribution in [-0.4, -0.2) is 42.7 Å². The lowest BCUT2D eigenvalue weighted by Crippen LogP contribution is -2.38. The van der Waals surface area contributed by atoms with E-state index in [0.717, 1.165) is 24.4 Å². The number of nitrogens with one attached hydrogen (secondary N) is 1. The highest BCUT2D eigenvalue weighted by molar-refractivity contribution is 7.11. The van der Waals surface area contributed by atoms with Gasteiger partial charge in [0, 0.05) is 23.9 Å². The van der Waals surface area contributed by atoms with Gasteiger partial charge in [-0.05, 0) is 20.3 Å². The molecular formula is C13H18N2O4S. The molecule has 1 aromatic rings. The van der Waals surface area contributed by atoms with E-state index >= 15 is 0 Å². The molecule has 2 rings (SSSR count). The lowest BCUT2D eigenvalue weighted by Gasteiger charge is -2.18. The van der Waals surface area contributed by atoms with Crippen LogP contribution in [0.2, 0.25) is 0 Å². The summed E-state index contributed by atoms with van der Waals surface area (Å²) in [5.41, 5.74) is 0.254. The summed E-state index contributed by atoms with van der Waals surface area (Å²) in [6.45, 7) is 5.39. The number of hydrogen-bond acceptors (Lipinski definition) is 6. The number of amides is 1. The molecule has 1 fully saturated rings.